The molecule has 0 aliphatic carbocycles. The number of benzene rings is 1. The van der Waals surface area contributed by atoms with Crippen molar-refractivity contribution in [3.8, 4) is 0 Å². The SMILES string of the molecule is CCNc1nc(Sc2ccccc2[N+](=O)[O-])c(F)cc1F. The van der Waals surface area contributed by atoms with Gasteiger partial charge in [-0.2, -0.15) is 0 Å². The van der Waals surface area contributed by atoms with Gasteiger partial charge >= 0.3 is 0 Å². The molecule has 2 rings (SSSR count). The third kappa shape index (κ3) is 3.46. The van der Waals surface area contributed by atoms with Gasteiger partial charge in [-0.15, -0.1) is 0 Å². The fourth-order valence-corrected chi connectivity index (χ4v) is 2.51. The molecule has 0 fully saturated rings. The standard InChI is InChI=1S/C13H11F2N3O2S/c1-2-16-12-8(14)7-9(15)13(17-12)21-11-6-4-3-5-10(11)18(19)20/h3-7H,2H2,1H3,(H,16,17). The van der Waals surface area contributed by atoms with Crippen LogP contribution in [0.3, 0.4) is 0 Å². The van der Waals surface area contributed by atoms with Gasteiger partial charge in [-0.05, 0) is 13.0 Å². The van der Waals surface area contributed by atoms with Gasteiger partial charge in [-0.25, -0.2) is 13.8 Å². The average molecular weight is 311 g/mol. The van der Waals surface area contributed by atoms with Crippen LogP contribution in [-0.4, -0.2) is 16.5 Å². The van der Waals surface area contributed by atoms with Crippen molar-refractivity contribution < 1.29 is 13.7 Å². The van der Waals surface area contributed by atoms with E-state index in [1.807, 2.05) is 0 Å². The number of nitrogens with zero attached hydrogens (tertiary/aromatic N) is 2. The number of rotatable bonds is 5. The van der Waals surface area contributed by atoms with Crippen LogP contribution in [-0.2, 0) is 0 Å². The summed E-state index contributed by atoms with van der Waals surface area (Å²) in [6.45, 7) is 2.17. The highest BCUT2D eigenvalue weighted by atomic mass is 32.2. The molecule has 0 unspecified atom stereocenters. The Morgan fingerprint density at radius 3 is 2.71 bits per heavy atom. The highest BCUT2D eigenvalue weighted by molar-refractivity contribution is 7.99. The molecule has 0 saturated carbocycles. The summed E-state index contributed by atoms with van der Waals surface area (Å²) in [4.78, 5) is 14.4. The number of halogens is 2. The summed E-state index contributed by atoms with van der Waals surface area (Å²) in [5.74, 6) is -1.75. The monoisotopic (exact) mass is 311 g/mol. The van der Waals surface area contributed by atoms with Gasteiger partial charge in [0.15, 0.2) is 17.5 Å². The van der Waals surface area contributed by atoms with Gasteiger partial charge in [0.05, 0.1) is 9.82 Å². The number of hydrogen-bond donors (Lipinski definition) is 1. The lowest BCUT2D eigenvalue weighted by atomic mass is 10.3. The lowest BCUT2D eigenvalue weighted by molar-refractivity contribution is -0.387. The second kappa shape index (κ2) is 6.49. The number of para-hydroxylation sites is 1. The summed E-state index contributed by atoms with van der Waals surface area (Å²) in [6, 6.07) is 6.62. The molecule has 0 aliphatic heterocycles. The zero-order valence-corrected chi connectivity index (χ0v) is 11.8. The Bertz CT molecular complexity index is 682. The van der Waals surface area contributed by atoms with Gasteiger partial charge in [0.1, 0.15) is 5.03 Å². The molecular weight excluding hydrogens is 300 g/mol. The maximum absolute atomic E-state index is 13.8. The topological polar surface area (TPSA) is 68.1 Å². The molecule has 0 amide bonds. The normalized spacial score (nSPS) is 10.4. The van der Waals surface area contributed by atoms with Crippen molar-refractivity contribution in [2.45, 2.75) is 16.8 Å². The van der Waals surface area contributed by atoms with Crippen molar-refractivity contribution in [3.05, 3.63) is 52.1 Å². The van der Waals surface area contributed by atoms with Crippen LogP contribution in [0.4, 0.5) is 20.3 Å². The van der Waals surface area contributed by atoms with E-state index in [1.165, 1.54) is 18.2 Å². The smallest absolute Gasteiger partial charge is 0.283 e. The first-order valence-corrected chi connectivity index (χ1v) is 6.85. The van der Waals surface area contributed by atoms with Gasteiger partial charge in [0.2, 0.25) is 0 Å². The number of nitrogens with one attached hydrogen (secondary N) is 1. The molecule has 110 valence electrons. The van der Waals surface area contributed by atoms with Gasteiger partial charge in [0, 0.05) is 18.7 Å². The van der Waals surface area contributed by atoms with E-state index in [4.69, 9.17) is 0 Å². The van der Waals surface area contributed by atoms with E-state index in [0.717, 1.165) is 11.8 Å². The Kier molecular flexibility index (Phi) is 4.69. The van der Waals surface area contributed by atoms with Crippen LogP contribution in [0.5, 0.6) is 0 Å². The zero-order chi connectivity index (χ0) is 15.4. The number of anilines is 1. The Balaban J connectivity index is 2.40. The summed E-state index contributed by atoms with van der Waals surface area (Å²) < 4.78 is 27.2. The van der Waals surface area contributed by atoms with Crippen LogP contribution in [0.25, 0.3) is 0 Å². The zero-order valence-electron chi connectivity index (χ0n) is 11.0. The number of aromatic nitrogens is 1. The fourth-order valence-electron chi connectivity index (χ4n) is 1.61. The molecule has 1 N–H and O–H groups in total. The quantitative estimate of drug-likeness (QED) is 0.671. The highest BCUT2D eigenvalue weighted by Crippen LogP contribution is 2.35. The molecule has 1 aromatic heterocycles. The van der Waals surface area contributed by atoms with Crippen LogP contribution < -0.4 is 5.32 Å². The van der Waals surface area contributed by atoms with Gasteiger partial charge in [-0.3, -0.25) is 10.1 Å². The summed E-state index contributed by atoms with van der Waals surface area (Å²) in [5.41, 5.74) is -0.155. The van der Waals surface area contributed by atoms with E-state index in [1.54, 1.807) is 13.0 Å². The van der Waals surface area contributed by atoms with Crippen molar-refractivity contribution in [2.24, 2.45) is 0 Å². The van der Waals surface area contributed by atoms with Crippen molar-refractivity contribution in [2.75, 3.05) is 11.9 Å². The Labute approximate surface area is 123 Å². The molecule has 0 bridgehead atoms. The van der Waals surface area contributed by atoms with Gasteiger partial charge in [-0.1, -0.05) is 23.9 Å². The van der Waals surface area contributed by atoms with Crippen LogP contribution in [0.15, 0.2) is 40.3 Å². The highest BCUT2D eigenvalue weighted by Gasteiger charge is 2.18. The molecule has 8 heteroatoms. The third-order valence-electron chi connectivity index (χ3n) is 2.51. The molecule has 0 radical (unpaired) electrons. The predicted octanol–water partition coefficient (Wildman–Crippen LogP) is 3.85. The fraction of sp³-hybridized carbons (Fsp3) is 0.154. The number of hydrogen-bond acceptors (Lipinski definition) is 5. The second-order valence-corrected chi connectivity index (χ2v) is 4.99. The van der Waals surface area contributed by atoms with Gasteiger partial charge < -0.3 is 5.32 Å². The lowest BCUT2D eigenvalue weighted by Gasteiger charge is -2.08. The van der Waals surface area contributed by atoms with Crippen molar-refractivity contribution in [1.29, 1.82) is 0 Å². The van der Waals surface area contributed by atoms with Crippen LogP contribution in [0, 0.1) is 21.7 Å². The van der Waals surface area contributed by atoms with Crippen molar-refractivity contribution in [3.63, 3.8) is 0 Å². The van der Waals surface area contributed by atoms with E-state index in [2.05, 4.69) is 10.3 Å². The Morgan fingerprint density at radius 2 is 2.05 bits per heavy atom. The minimum Gasteiger partial charge on any atom is -0.368 e. The molecule has 0 saturated heterocycles. The average Bonchev–Trinajstić information content (AvgIpc) is 2.44. The van der Waals surface area contributed by atoms with E-state index in [0.29, 0.717) is 12.6 Å². The third-order valence-corrected chi connectivity index (χ3v) is 3.55. The molecule has 21 heavy (non-hydrogen) atoms. The van der Waals surface area contributed by atoms with E-state index in [-0.39, 0.29) is 21.4 Å². The first kappa shape index (κ1) is 15.2. The first-order valence-electron chi connectivity index (χ1n) is 6.04. The van der Waals surface area contributed by atoms with E-state index in [9.17, 15) is 18.9 Å². The largest absolute Gasteiger partial charge is 0.368 e. The second-order valence-electron chi connectivity index (χ2n) is 3.96. The molecule has 0 spiro atoms. The molecule has 0 atom stereocenters. The lowest BCUT2D eigenvalue weighted by Crippen LogP contribution is -2.04. The molecule has 1 heterocycles. The van der Waals surface area contributed by atoms with Crippen molar-refractivity contribution in [1.82, 2.24) is 4.98 Å². The molecule has 0 aliphatic rings. The molecular formula is C13H11F2N3O2S. The minimum atomic E-state index is -0.864. The molecule has 5 nitrogen and oxygen atoms in total. The maximum Gasteiger partial charge on any atom is 0.283 e. The molecule has 1 aromatic carbocycles. The Morgan fingerprint density at radius 1 is 1.33 bits per heavy atom. The minimum absolute atomic E-state index is 0.0833. The van der Waals surface area contributed by atoms with Crippen LogP contribution in [0.2, 0.25) is 0 Å². The predicted molar refractivity (Wildman–Crippen MR) is 75.5 cm³/mol. The first-order chi connectivity index (χ1) is 10.0. The van der Waals surface area contributed by atoms with Gasteiger partial charge in [0.25, 0.3) is 5.69 Å². The number of pyridine rings is 1. The number of nitro groups is 1. The maximum atomic E-state index is 13.8. The summed E-state index contributed by atoms with van der Waals surface area (Å²) in [6.07, 6.45) is 0. The van der Waals surface area contributed by atoms with E-state index >= 15 is 0 Å². The van der Waals surface area contributed by atoms with Crippen LogP contribution in [0.1, 0.15) is 6.92 Å². The van der Waals surface area contributed by atoms with E-state index < -0.39 is 16.6 Å². The summed E-state index contributed by atoms with van der Waals surface area (Å²) >= 11 is 0.783. The number of nitro benzene ring substituents is 1. The Hall–Kier alpha value is -2.22. The van der Waals surface area contributed by atoms with Crippen molar-refractivity contribution >= 4 is 23.3 Å². The summed E-state index contributed by atoms with van der Waals surface area (Å²) in [7, 11) is 0. The summed E-state index contributed by atoms with van der Waals surface area (Å²) in [5, 5.41) is 13.5. The molecule has 2 aromatic rings. The van der Waals surface area contributed by atoms with Crippen LogP contribution >= 0.6 is 11.8 Å².